The maximum absolute atomic E-state index is 12.5. The van der Waals surface area contributed by atoms with Crippen molar-refractivity contribution in [3.05, 3.63) is 0 Å². The minimum absolute atomic E-state index is 0.237. The summed E-state index contributed by atoms with van der Waals surface area (Å²) < 4.78 is 0. The Kier molecular flexibility index (Phi) is 4.24. The molecule has 0 saturated carbocycles. The number of nitrogens with zero attached hydrogens (tertiary/aromatic N) is 2. The molecule has 0 aliphatic carbocycles. The third-order valence-electron chi connectivity index (χ3n) is 3.93. The molecule has 4 N–H and O–H groups in total. The highest BCUT2D eigenvalue weighted by Crippen LogP contribution is 2.25. The van der Waals surface area contributed by atoms with Crippen LogP contribution >= 0.6 is 0 Å². The predicted molar refractivity (Wildman–Crippen MR) is 67.6 cm³/mol. The van der Waals surface area contributed by atoms with Crippen LogP contribution in [0.1, 0.15) is 19.3 Å². The molecule has 0 radical (unpaired) electrons. The highest BCUT2D eigenvalue weighted by atomic mass is 16.4. The van der Waals surface area contributed by atoms with Crippen LogP contribution in [0.2, 0.25) is 0 Å². The average Bonchev–Trinajstić information content (AvgIpc) is 3.03. The summed E-state index contributed by atoms with van der Waals surface area (Å²) in [6.45, 7) is 0.363. The monoisotopic (exact) mass is 285 g/mol. The lowest BCUT2D eigenvalue weighted by Gasteiger charge is -2.31. The normalized spacial score (nSPS) is 29.8. The van der Waals surface area contributed by atoms with Crippen molar-refractivity contribution in [2.45, 2.75) is 37.5 Å². The minimum Gasteiger partial charge on any atom is -0.480 e. The maximum atomic E-state index is 12.5. The number of carbonyl (C=O) groups excluding carboxylic acids is 2. The summed E-state index contributed by atoms with van der Waals surface area (Å²) in [5.41, 5.74) is 5.30. The molecular formula is C12H19N3O5. The zero-order chi connectivity index (χ0) is 14.9. The number of rotatable bonds is 3. The summed E-state index contributed by atoms with van der Waals surface area (Å²) >= 11 is 0. The van der Waals surface area contributed by atoms with Gasteiger partial charge in [0.1, 0.15) is 12.1 Å². The van der Waals surface area contributed by atoms with E-state index in [1.807, 2.05) is 0 Å². The zero-order valence-electron chi connectivity index (χ0n) is 11.1. The van der Waals surface area contributed by atoms with Gasteiger partial charge in [-0.25, -0.2) is 4.79 Å². The van der Waals surface area contributed by atoms with E-state index in [0.29, 0.717) is 25.8 Å². The van der Waals surface area contributed by atoms with Crippen molar-refractivity contribution in [1.82, 2.24) is 9.80 Å². The van der Waals surface area contributed by atoms with Crippen molar-refractivity contribution >= 4 is 17.8 Å². The number of amides is 2. The van der Waals surface area contributed by atoms with Gasteiger partial charge in [0.2, 0.25) is 11.8 Å². The van der Waals surface area contributed by atoms with Gasteiger partial charge in [-0.15, -0.1) is 0 Å². The molecule has 3 atom stereocenters. The molecule has 2 rings (SSSR count). The molecule has 0 spiro atoms. The van der Waals surface area contributed by atoms with Crippen LogP contribution in [-0.2, 0) is 14.4 Å². The third-order valence-corrected chi connectivity index (χ3v) is 3.93. The van der Waals surface area contributed by atoms with Gasteiger partial charge < -0.3 is 25.7 Å². The van der Waals surface area contributed by atoms with Crippen LogP contribution in [0.3, 0.4) is 0 Å². The van der Waals surface area contributed by atoms with E-state index >= 15 is 0 Å². The summed E-state index contributed by atoms with van der Waals surface area (Å²) in [6, 6.07) is -1.88. The van der Waals surface area contributed by atoms with Crippen molar-refractivity contribution in [3.63, 3.8) is 0 Å². The molecule has 1 unspecified atom stereocenters. The number of hydrogen-bond donors (Lipinski definition) is 3. The highest BCUT2D eigenvalue weighted by molar-refractivity contribution is 5.92. The van der Waals surface area contributed by atoms with Gasteiger partial charge in [0.15, 0.2) is 0 Å². The maximum Gasteiger partial charge on any atom is 0.326 e. The Morgan fingerprint density at radius 1 is 1.15 bits per heavy atom. The van der Waals surface area contributed by atoms with E-state index in [1.165, 1.54) is 9.80 Å². The van der Waals surface area contributed by atoms with Crippen LogP contribution in [0.5, 0.6) is 0 Å². The summed E-state index contributed by atoms with van der Waals surface area (Å²) in [5, 5.41) is 19.0. The topological polar surface area (TPSA) is 124 Å². The molecule has 112 valence electrons. The molecule has 0 aromatic heterocycles. The van der Waals surface area contributed by atoms with Crippen molar-refractivity contribution < 1.29 is 24.6 Å². The second kappa shape index (κ2) is 5.76. The van der Waals surface area contributed by atoms with E-state index in [-0.39, 0.29) is 13.1 Å². The number of carboxylic acids is 1. The van der Waals surface area contributed by atoms with E-state index < -0.39 is 36.0 Å². The standard InChI is InChI=1S/C12H19N3O5/c13-6-9(17)15-5-3-8(16)10(15)11(18)14-4-1-2-7(14)12(19)20/h7-8,10,16H,1-6,13H2,(H,19,20)/t7-,8?,10-/m0/s1. The second-order valence-electron chi connectivity index (χ2n) is 5.12. The number of aliphatic hydroxyl groups is 1. The number of hydrogen-bond acceptors (Lipinski definition) is 5. The number of aliphatic carboxylic acids is 1. The van der Waals surface area contributed by atoms with Gasteiger partial charge in [0.05, 0.1) is 12.6 Å². The number of likely N-dealkylation sites (tertiary alicyclic amines) is 2. The molecule has 0 aromatic rings. The van der Waals surface area contributed by atoms with Gasteiger partial charge in [-0.05, 0) is 19.3 Å². The summed E-state index contributed by atoms with van der Waals surface area (Å²) in [5.74, 6) is -1.97. The predicted octanol–water partition coefficient (Wildman–Crippen LogP) is -2.02. The number of carbonyl (C=O) groups is 3. The van der Waals surface area contributed by atoms with Crippen LogP contribution in [0.25, 0.3) is 0 Å². The molecule has 2 fully saturated rings. The minimum atomic E-state index is -1.06. The largest absolute Gasteiger partial charge is 0.480 e. The Morgan fingerprint density at radius 2 is 1.85 bits per heavy atom. The van der Waals surface area contributed by atoms with E-state index in [2.05, 4.69) is 0 Å². The fourth-order valence-corrected chi connectivity index (χ4v) is 2.93. The first-order chi connectivity index (χ1) is 9.47. The van der Waals surface area contributed by atoms with E-state index in [4.69, 9.17) is 10.8 Å². The lowest BCUT2D eigenvalue weighted by molar-refractivity contribution is -0.153. The van der Waals surface area contributed by atoms with Crippen molar-refractivity contribution in [1.29, 1.82) is 0 Å². The van der Waals surface area contributed by atoms with Gasteiger partial charge in [0, 0.05) is 13.1 Å². The number of nitrogens with two attached hydrogens (primary N) is 1. The molecule has 2 saturated heterocycles. The smallest absolute Gasteiger partial charge is 0.326 e. The number of aliphatic hydroxyl groups excluding tert-OH is 1. The molecule has 2 amide bonds. The molecule has 8 heteroatoms. The fraction of sp³-hybridized carbons (Fsp3) is 0.750. The molecule has 0 aromatic carbocycles. The van der Waals surface area contributed by atoms with Crippen molar-refractivity contribution in [2.24, 2.45) is 5.73 Å². The van der Waals surface area contributed by atoms with Crippen LogP contribution in [0, 0.1) is 0 Å². The molecule has 2 aliphatic rings. The Morgan fingerprint density at radius 3 is 2.45 bits per heavy atom. The SMILES string of the molecule is NCC(=O)N1CCC(O)[C@H]1C(=O)N1CCC[C@H]1C(=O)O. The zero-order valence-corrected chi connectivity index (χ0v) is 11.1. The molecule has 2 heterocycles. The van der Waals surface area contributed by atoms with Crippen molar-refractivity contribution in [2.75, 3.05) is 19.6 Å². The average molecular weight is 285 g/mol. The summed E-state index contributed by atoms with van der Waals surface area (Å²) in [7, 11) is 0. The first-order valence-corrected chi connectivity index (χ1v) is 6.68. The Bertz CT molecular complexity index is 427. The van der Waals surface area contributed by atoms with Crippen LogP contribution in [-0.4, -0.2) is 75.6 Å². The lowest BCUT2D eigenvalue weighted by atomic mass is 10.1. The number of carboxylic acid groups (broad SMARTS) is 1. The van der Waals surface area contributed by atoms with Gasteiger partial charge in [-0.3, -0.25) is 9.59 Å². The first-order valence-electron chi connectivity index (χ1n) is 6.68. The van der Waals surface area contributed by atoms with E-state index in [9.17, 15) is 19.5 Å². The molecular weight excluding hydrogens is 266 g/mol. The quantitative estimate of drug-likeness (QED) is 0.550. The first kappa shape index (κ1) is 14.7. The highest BCUT2D eigenvalue weighted by Gasteiger charge is 2.45. The second-order valence-corrected chi connectivity index (χ2v) is 5.12. The molecule has 8 nitrogen and oxygen atoms in total. The Labute approximate surface area is 116 Å². The van der Waals surface area contributed by atoms with Crippen LogP contribution in [0.4, 0.5) is 0 Å². The van der Waals surface area contributed by atoms with E-state index in [0.717, 1.165) is 0 Å². The Hall–Kier alpha value is -1.67. The van der Waals surface area contributed by atoms with Crippen LogP contribution < -0.4 is 5.73 Å². The third kappa shape index (κ3) is 2.48. The molecule has 20 heavy (non-hydrogen) atoms. The molecule has 2 aliphatic heterocycles. The van der Waals surface area contributed by atoms with E-state index in [1.54, 1.807) is 0 Å². The van der Waals surface area contributed by atoms with Gasteiger partial charge in [0.25, 0.3) is 0 Å². The summed E-state index contributed by atoms with van der Waals surface area (Å²) in [6.07, 6.45) is 0.340. The van der Waals surface area contributed by atoms with Crippen LogP contribution in [0.15, 0.2) is 0 Å². The fourth-order valence-electron chi connectivity index (χ4n) is 2.93. The van der Waals surface area contributed by atoms with Gasteiger partial charge in [-0.2, -0.15) is 0 Å². The summed E-state index contributed by atoms with van der Waals surface area (Å²) in [4.78, 5) is 37.8. The lowest BCUT2D eigenvalue weighted by Crippen LogP contribution is -2.54. The van der Waals surface area contributed by atoms with Gasteiger partial charge in [-0.1, -0.05) is 0 Å². The van der Waals surface area contributed by atoms with Gasteiger partial charge >= 0.3 is 5.97 Å². The molecule has 0 bridgehead atoms. The van der Waals surface area contributed by atoms with Crippen molar-refractivity contribution in [3.8, 4) is 0 Å². The Balaban J connectivity index is 2.17.